The Morgan fingerprint density at radius 1 is 1.03 bits per heavy atom. The lowest BCUT2D eigenvalue weighted by Crippen LogP contribution is -2.36. The molecule has 0 aliphatic carbocycles. The molecule has 0 fully saturated rings. The van der Waals surface area contributed by atoms with Gasteiger partial charge in [-0.1, -0.05) is 18.2 Å². The van der Waals surface area contributed by atoms with Crippen LogP contribution in [0.5, 0.6) is 0 Å². The number of rotatable bonds is 8. The van der Waals surface area contributed by atoms with Gasteiger partial charge < -0.3 is 14.8 Å². The number of hydrogen-bond acceptors (Lipinski definition) is 5. The maximum absolute atomic E-state index is 12.3. The minimum atomic E-state index is -0.918. The first-order valence-electron chi connectivity index (χ1n) is 9.94. The zero-order valence-corrected chi connectivity index (χ0v) is 17.3. The number of hydrogen-bond donors (Lipinski definition) is 1. The van der Waals surface area contributed by atoms with E-state index < -0.39 is 11.2 Å². The first-order valence-corrected chi connectivity index (χ1v) is 11.3. The largest absolute Gasteiger partial charge is 0.610 e. The summed E-state index contributed by atoms with van der Waals surface area (Å²) in [7, 11) is 1.97. The summed E-state index contributed by atoms with van der Waals surface area (Å²) in [5.41, 5.74) is 3.29. The molecule has 4 rings (SSSR count). The second kappa shape index (κ2) is 8.57. The van der Waals surface area contributed by atoms with Gasteiger partial charge in [0.05, 0.1) is 16.8 Å². The summed E-state index contributed by atoms with van der Waals surface area (Å²) < 4.78 is 12.1. The zero-order chi connectivity index (χ0) is 20.4. The van der Waals surface area contributed by atoms with Crippen molar-refractivity contribution in [1.29, 1.82) is 0 Å². The number of anilines is 1. The number of carbonyl (C=O) groups is 2. The van der Waals surface area contributed by atoms with Gasteiger partial charge in [0.1, 0.15) is 0 Å². The summed E-state index contributed by atoms with van der Waals surface area (Å²) in [6, 6.07) is 13.2. The predicted octanol–water partition coefficient (Wildman–Crippen LogP) is 2.41. The van der Waals surface area contributed by atoms with E-state index in [-0.39, 0.29) is 11.8 Å². The first-order chi connectivity index (χ1) is 14.1. The molecule has 2 aliphatic rings. The molecule has 0 radical (unpaired) electrons. The molecule has 152 valence electrons. The third kappa shape index (κ3) is 4.03. The third-order valence-electron chi connectivity index (χ3n) is 5.45. The molecular formula is C22H25N3O3S. The summed E-state index contributed by atoms with van der Waals surface area (Å²) in [6.07, 6.45) is 2.98. The van der Waals surface area contributed by atoms with Crippen molar-refractivity contribution in [1.82, 2.24) is 10.2 Å². The Kier molecular flexibility index (Phi) is 5.89. The topological polar surface area (TPSA) is 75.7 Å². The van der Waals surface area contributed by atoms with E-state index in [1.54, 1.807) is 24.3 Å². The van der Waals surface area contributed by atoms with Crippen LogP contribution in [-0.4, -0.2) is 53.8 Å². The van der Waals surface area contributed by atoms with E-state index in [4.69, 9.17) is 0 Å². The molecule has 2 aromatic carbocycles. The minimum absolute atomic E-state index is 0.202. The Hall–Kier alpha value is -2.35. The SMILES string of the molecule is CN1C[S+]([O-])c2cc(CCCCNCCN3C(=O)c4ccccc4C3=O)ccc21. The number of nitrogens with zero attached hydrogens (tertiary/aromatic N) is 2. The van der Waals surface area contributed by atoms with E-state index in [1.807, 2.05) is 11.9 Å². The van der Waals surface area contributed by atoms with E-state index in [0.29, 0.717) is 30.1 Å². The molecule has 0 spiro atoms. The highest BCUT2D eigenvalue weighted by Crippen LogP contribution is 2.33. The Morgan fingerprint density at radius 3 is 2.48 bits per heavy atom. The molecule has 1 atom stereocenters. The number of fused-ring (bicyclic) bond motifs is 2. The number of benzene rings is 2. The van der Waals surface area contributed by atoms with Crippen LogP contribution < -0.4 is 10.2 Å². The molecule has 6 nitrogen and oxygen atoms in total. The highest BCUT2D eigenvalue weighted by Gasteiger charge is 2.34. The molecule has 7 heteroatoms. The molecule has 0 saturated carbocycles. The van der Waals surface area contributed by atoms with Gasteiger partial charge in [-0.15, -0.1) is 0 Å². The lowest BCUT2D eigenvalue weighted by atomic mass is 10.1. The summed E-state index contributed by atoms with van der Waals surface area (Å²) in [5.74, 6) is 0.176. The summed E-state index contributed by atoms with van der Waals surface area (Å²) in [4.78, 5) is 28.9. The Labute approximate surface area is 174 Å². The van der Waals surface area contributed by atoms with Gasteiger partial charge in [0.15, 0.2) is 10.8 Å². The second-order valence-corrected chi connectivity index (χ2v) is 8.88. The summed E-state index contributed by atoms with van der Waals surface area (Å²) in [6.45, 7) is 1.81. The van der Waals surface area contributed by atoms with Crippen molar-refractivity contribution in [3.8, 4) is 0 Å². The molecule has 0 bridgehead atoms. The molecule has 1 unspecified atom stereocenters. The molecule has 2 aromatic rings. The standard InChI is InChI=1S/C22H25N3O3S/c1-24-15-29(28)20-14-16(9-10-19(20)24)6-4-5-11-23-12-13-25-21(26)17-7-2-3-8-18(17)22(25)27/h2-3,7-10,14,23H,4-6,11-13,15H2,1H3. The second-order valence-electron chi connectivity index (χ2n) is 7.49. The first kappa shape index (κ1) is 19.9. The average Bonchev–Trinajstić information content (AvgIpc) is 3.15. The number of aryl methyl sites for hydroxylation is 1. The maximum atomic E-state index is 12.3. The van der Waals surface area contributed by atoms with Crippen LogP contribution >= 0.6 is 0 Å². The molecule has 2 heterocycles. The predicted molar refractivity (Wildman–Crippen MR) is 114 cm³/mol. The summed E-state index contributed by atoms with van der Waals surface area (Å²) >= 11 is -0.918. The van der Waals surface area contributed by atoms with E-state index >= 15 is 0 Å². The molecule has 2 aliphatic heterocycles. The average molecular weight is 412 g/mol. The maximum Gasteiger partial charge on any atom is 0.261 e. The van der Waals surface area contributed by atoms with Gasteiger partial charge in [-0.05, 0) is 55.6 Å². The van der Waals surface area contributed by atoms with E-state index in [9.17, 15) is 14.1 Å². The van der Waals surface area contributed by atoms with Gasteiger partial charge in [-0.2, -0.15) is 0 Å². The highest BCUT2D eigenvalue weighted by atomic mass is 32.2. The van der Waals surface area contributed by atoms with Crippen LogP contribution in [0, 0.1) is 0 Å². The number of carbonyl (C=O) groups excluding carboxylic acids is 2. The van der Waals surface area contributed by atoms with Gasteiger partial charge in [-0.3, -0.25) is 14.5 Å². The molecule has 0 saturated heterocycles. The van der Waals surface area contributed by atoms with Crippen LogP contribution in [0.2, 0.25) is 0 Å². The van der Waals surface area contributed by atoms with Crippen molar-refractivity contribution < 1.29 is 14.1 Å². The van der Waals surface area contributed by atoms with E-state index in [2.05, 4.69) is 23.5 Å². The van der Waals surface area contributed by atoms with Crippen LogP contribution in [0.25, 0.3) is 0 Å². The monoisotopic (exact) mass is 411 g/mol. The Balaban J connectivity index is 1.16. The van der Waals surface area contributed by atoms with E-state index in [0.717, 1.165) is 36.4 Å². The smallest absolute Gasteiger partial charge is 0.261 e. The lowest BCUT2D eigenvalue weighted by Gasteiger charge is -2.14. The number of amides is 2. The van der Waals surface area contributed by atoms with Gasteiger partial charge in [0, 0.05) is 31.3 Å². The Bertz CT molecular complexity index is 898. The lowest BCUT2D eigenvalue weighted by molar-refractivity contribution is 0.0655. The van der Waals surface area contributed by atoms with Crippen molar-refractivity contribution in [2.24, 2.45) is 0 Å². The molecule has 29 heavy (non-hydrogen) atoms. The van der Waals surface area contributed by atoms with Gasteiger partial charge in [0.2, 0.25) is 0 Å². The quantitative estimate of drug-likeness (QED) is 0.410. The third-order valence-corrected chi connectivity index (χ3v) is 6.89. The van der Waals surface area contributed by atoms with Gasteiger partial charge >= 0.3 is 0 Å². The van der Waals surface area contributed by atoms with E-state index in [1.165, 1.54) is 10.5 Å². The van der Waals surface area contributed by atoms with Crippen molar-refractivity contribution >= 4 is 28.7 Å². The summed E-state index contributed by atoms with van der Waals surface area (Å²) in [5, 5.41) is 3.32. The normalized spacial score (nSPS) is 17.8. The van der Waals surface area contributed by atoms with Gasteiger partial charge in [0.25, 0.3) is 11.8 Å². The Morgan fingerprint density at radius 2 is 1.76 bits per heavy atom. The van der Waals surface area contributed by atoms with Crippen LogP contribution in [0.4, 0.5) is 5.69 Å². The number of imide groups is 1. The van der Waals surface area contributed by atoms with Crippen LogP contribution in [0.1, 0.15) is 39.1 Å². The van der Waals surface area contributed by atoms with Crippen molar-refractivity contribution in [2.45, 2.75) is 24.2 Å². The number of unbranched alkanes of at least 4 members (excludes halogenated alkanes) is 1. The van der Waals surface area contributed by atoms with Crippen LogP contribution in [0.15, 0.2) is 47.4 Å². The minimum Gasteiger partial charge on any atom is -0.610 e. The fourth-order valence-corrected chi connectivity index (χ4v) is 5.23. The van der Waals surface area contributed by atoms with Gasteiger partial charge in [-0.25, -0.2) is 0 Å². The van der Waals surface area contributed by atoms with Crippen molar-refractivity contribution in [2.75, 3.05) is 37.5 Å². The van der Waals surface area contributed by atoms with Crippen molar-refractivity contribution in [3.05, 3.63) is 59.2 Å². The molecule has 1 N–H and O–H groups in total. The van der Waals surface area contributed by atoms with Crippen molar-refractivity contribution in [3.63, 3.8) is 0 Å². The zero-order valence-electron chi connectivity index (χ0n) is 16.5. The number of nitrogens with one attached hydrogen (secondary N) is 1. The highest BCUT2D eigenvalue weighted by molar-refractivity contribution is 7.92. The molecule has 2 amide bonds. The molecule has 0 aromatic heterocycles. The fourth-order valence-electron chi connectivity index (χ4n) is 3.86. The fraction of sp³-hybridized carbons (Fsp3) is 0.364. The molecular weight excluding hydrogens is 386 g/mol. The van der Waals surface area contributed by atoms with Crippen LogP contribution in [-0.2, 0) is 17.6 Å². The van der Waals surface area contributed by atoms with Crippen LogP contribution in [0.3, 0.4) is 0 Å².